The molecule has 12 nitrogen and oxygen atoms in total. The average Bonchev–Trinajstić information content (AvgIpc) is 3.45. The third-order valence-electron chi connectivity index (χ3n) is 7.40. The molecule has 0 fully saturated rings. The molecule has 4 rings (SSSR count). The van der Waals surface area contributed by atoms with Gasteiger partial charge in [-0.15, -0.1) is 0 Å². The number of hydrogen-bond acceptors (Lipinski definition) is 6. The van der Waals surface area contributed by atoms with Gasteiger partial charge in [0.25, 0.3) is 0 Å². The summed E-state index contributed by atoms with van der Waals surface area (Å²) in [4.78, 5) is 47.7. The lowest BCUT2D eigenvalue weighted by molar-refractivity contribution is -0.132. The molecule has 3 amide bonds. The first kappa shape index (κ1) is 32.6. The molecule has 0 bridgehead atoms. The van der Waals surface area contributed by atoms with Crippen LogP contribution >= 0.6 is 0 Å². The topological polar surface area (TPSA) is 220 Å². The number of amides is 3. The van der Waals surface area contributed by atoms with Gasteiger partial charge in [-0.3, -0.25) is 19.4 Å². The van der Waals surface area contributed by atoms with Gasteiger partial charge in [-0.2, -0.15) is 0 Å². The van der Waals surface area contributed by atoms with Crippen LogP contribution in [0.25, 0.3) is 10.9 Å². The van der Waals surface area contributed by atoms with Crippen LogP contribution in [0.4, 0.5) is 5.69 Å². The number of nitrogens with two attached hydrogens (primary N) is 4. The summed E-state index contributed by atoms with van der Waals surface area (Å²) in [6, 6.07) is 21.4. The molecular weight excluding hydrogens is 570 g/mol. The second-order valence-corrected chi connectivity index (χ2v) is 10.9. The van der Waals surface area contributed by atoms with Crippen LogP contribution in [0.2, 0.25) is 0 Å². The number of aliphatic imine (C=N–C) groups is 1. The number of anilines is 1. The van der Waals surface area contributed by atoms with Crippen molar-refractivity contribution >= 4 is 40.3 Å². The number of hydrogen-bond donors (Lipinski definition) is 8. The molecule has 0 radical (unpaired) electrons. The van der Waals surface area contributed by atoms with E-state index in [0.29, 0.717) is 31.6 Å². The van der Waals surface area contributed by atoms with Crippen LogP contribution in [0.3, 0.4) is 0 Å². The molecule has 1 aromatic heterocycles. The number of carbonyl (C=O) groups excluding carboxylic acids is 3. The summed E-state index contributed by atoms with van der Waals surface area (Å²) < 4.78 is 0. The Labute approximate surface area is 262 Å². The smallest absolute Gasteiger partial charge is 0.243 e. The Morgan fingerprint density at radius 2 is 1.44 bits per heavy atom. The lowest BCUT2D eigenvalue weighted by atomic mass is 10.0. The normalized spacial score (nSPS) is 12.9. The third-order valence-corrected chi connectivity index (χ3v) is 7.40. The first-order valence-electron chi connectivity index (χ1n) is 14.8. The predicted octanol–water partition coefficient (Wildman–Crippen LogP) is 1.20. The number of nitrogens with one attached hydrogen (secondary N) is 4. The van der Waals surface area contributed by atoms with Crippen LogP contribution in [0.1, 0.15) is 29.5 Å². The van der Waals surface area contributed by atoms with E-state index in [-0.39, 0.29) is 24.7 Å². The number of H-pyrrole nitrogens is 1. The number of rotatable bonds is 15. The van der Waals surface area contributed by atoms with Crippen molar-refractivity contribution < 1.29 is 14.4 Å². The molecule has 0 aliphatic carbocycles. The van der Waals surface area contributed by atoms with Crippen LogP contribution in [0.5, 0.6) is 0 Å². The summed E-state index contributed by atoms with van der Waals surface area (Å²) >= 11 is 0. The molecule has 0 spiro atoms. The molecule has 0 saturated carbocycles. The molecule has 4 aromatic rings. The maximum Gasteiger partial charge on any atom is 0.243 e. The Bertz CT molecular complexity index is 1600. The lowest BCUT2D eigenvalue weighted by Gasteiger charge is -2.24. The van der Waals surface area contributed by atoms with Crippen LogP contribution in [0.15, 0.2) is 90.1 Å². The van der Waals surface area contributed by atoms with Crippen molar-refractivity contribution in [1.29, 1.82) is 0 Å². The Morgan fingerprint density at radius 3 is 2.18 bits per heavy atom. The second-order valence-electron chi connectivity index (χ2n) is 10.9. The molecule has 236 valence electrons. The number of fused-ring (bicyclic) bond motifs is 1. The monoisotopic (exact) mass is 611 g/mol. The molecule has 0 aliphatic heterocycles. The van der Waals surface area contributed by atoms with E-state index in [1.165, 1.54) is 0 Å². The van der Waals surface area contributed by atoms with E-state index in [0.717, 1.165) is 27.6 Å². The predicted molar refractivity (Wildman–Crippen MR) is 177 cm³/mol. The molecule has 3 atom stereocenters. The zero-order valence-electron chi connectivity index (χ0n) is 25.0. The minimum Gasteiger partial charge on any atom is -0.399 e. The number of benzene rings is 3. The fourth-order valence-corrected chi connectivity index (χ4v) is 4.94. The van der Waals surface area contributed by atoms with Gasteiger partial charge in [0.15, 0.2) is 5.96 Å². The van der Waals surface area contributed by atoms with Crippen LogP contribution in [-0.4, -0.2) is 53.3 Å². The number of nitrogens with zero attached hydrogens (tertiary/aromatic N) is 1. The Morgan fingerprint density at radius 1 is 0.778 bits per heavy atom. The molecule has 0 aliphatic rings. The molecule has 12 heteroatoms. The van der Waals surface area contributed by atoms with Crippen molar-refractivity contribution in [3.05, 3.63) is 102 Å². The van der Waals surface area contributed by atoms with E-state index in [1.54, 1.807) is 24.3 Å². The first-order chi connectivity index (χ1) is 21.7. The summed E-state index contributed by atoms with van der Waals surface area (Å²) in [7, 11) is 0. The number of aromatic nitrogens is 1. The Balaban J connectivity index is 1.53. The average molecular weight is 612 g/mol. The minimum absolute atomic E-state index is 0.0387. The van der Waals surface area contributed by atoms with Crippen molar-refractivity contribution in [3.8, 4) is 0 Å². The van der Waals surface area contributed by atoms with Gasteiger partial charge < -0.3 is 43.9 Å². The van der Waals surface area contributed by atoms with Gasteiger partial charge in [-0.05, 0) is 47.7 Å². The van der Waals surface area contributed by atoms with E-state index in [1.807, 2.05) is 60.8 Å². The molecule has 45 heavy (non-hydrogen) atoms. The standard InChI is InChI=1S/C33H41N9O3/c34-24-14-12-21(13-15-24)17-28(41-30(43)26(35)10-6-16-38-33(36)37)32(45)42-29(31(44)40-19-22-7-2-1-3-8-22)18-23-20-39-27-11-5-4-9-25(23)27/h1-5,7-9,11-15,20,26,28-29,39H,6,10,16-19,34-35H2,(H,40,44)(H,41,43)(H,42,45)(H4,36,37,38)/t26-,28-,29-/m0/s1. The fraction of sp³-hybridized carbons (Fsp3) is 0.273. The first-order valence-corrected chi connectivity index (χ1v) is 14.8. The highest BCUT2D eigenvalue weighted by Gasteiger charge is 2.29. The van der Waals surface area contributed by atoms with Gasteiger partial charge in [0, 0.05) is 48.7 Å². The van der Waals surface area contributed by atoms with Gasteiger partial charge in [-0.1, -0.05) is 60.7 Å². The highest BCUT2D eigenvalue weighted by molar-refractivity contribution is 5.94. The molecule has 1 heterocycles. The number of para-hydroxylation sites is 1. The van der Waals surface area contributed by atoms with E-state index in [4.69, 9.17) is 22.9 Å². The summed E-state index contributed by atoms with van der Waals surface area (Å²) in [6.07, 6.45) is 3.01. The zero-order valence-corrected chi connectivity index (χ0v) is 25.0. The van der Waals surface area contributed by atoms with Crippen LogP contribution in [0, 0.1) is 0 Å². The maximum atomic E-state index is 13.9. The minimum atomic E-state index is -1.02. The Hall–Kier alpha value is -5.36. The summed E-state index contributed by atoms with van der Waals surface area (Å²) in [5.74, 6) is -1.42. The Kier molecular flexibility index (Phi) is 11.5. The van der Waals surface area contributed by atoms with Gasteiger partial charge >= 0.3 is 0 Å². The highest BCUT2D eigenvalue weighted by Crippen LogP contribution is 2.19. The van der Waals surface area contributed by atoms with Gasteiger partial charge in [0.05, 0.1) is 6.04 Å². The van der Waals surface area contributed by atoms with Crippen molar-refractivity contribution in [2.75, 3.05) is 12.3 Å². The maximum absolute atomic E-state index is 13.9. The quantitative estimate of drug-likeness (QED) is 0.0424. The number of guanidine groups is 1. The molecule has 12 N–H and O–H groups in total. The summed E-state index contributed by atoms with van der Waals surface area (Å²) in [6.45, 7) is 0.618. The van der Waals surface area contributed by atoms with Crippen molar-refractivity contribution in [3.63, 3.8) is 0 Å². The number of aromatic amines is 1. The van der Waals surface area contributed by atoms with Gasteiger partial charge in [0.1, 0.15) is 12.1 Å². The summed E-state index contributed by atoms with van der Waals surface area (Å²) in [5.41, 5.74) is 26.8. The van der Waals surface area contributed by atoms with Crippen LogP contribution in [-0.2, 0) is 33.8 Å². The van der Waals surface area contributed by atoms with E-state index >= 15 is 0 Å². The second kappa shape index (κ2) is 15.9. The van der Waals surface area contributed by atoms with Gasteiger partial charge in [-0.25, -0.2) is 0 Å². The van der Waals surface area contributed by atoms with Crippen molar-refractivity contribution in [2.24, 2.45) is 22.2 Å². The van der Waals surface area contributed by atoms with Crippen molar-refractivity contribution in [2.45, 2.75) is 50.4 Å². The number of nitrogen functional groups attached to an aromatic ring is 1. The van der Waals surface area contributed by atoms with E-state index in [9.17, 15) is 14.4 Å². The molecule has 3 aromatic carbocycles. The van der Waals surface area contributed by atoms with E-state index in [2.05, 4.69) is 25.9 Å². The third kappa shape index (κ3) is 9.83. The number of carbonyl (C=O) groups is 3. The molecular formula is C33H41N9O3. The zero-order chi connectivity index (χ0) is 32.2. The van der Waals surface area contributed by atoms with Crippen LogP contribution < -0.4 is 38.9 Å². The van der Waals surface area contributed by atoms with E-state index < -0.39 is 29.9 Å². The van der Waals surface area contributed by atoms with Crippen molar-refractivity contribution in [1.82, 2.24) is 20.9 Å². The lowest BCUT2D eigenvalue weighted by Crippen LogP contribution is -2.56. The fourth-order valence-electron chi connectivity index (χ4n) is 4.94. The summed E-state index contributed by atoms with van der Waals surface area (Å²) in [5, 5.41) is 9.59. The highest BCUT2D eigenvalue weighted by atomic mass is 16.2. The largest absolute Gasteiger partial charge is 0.399 e. The van der Waals surface area contributed by atoms with Gasteiger partial charge in [0.2, 0.25) is 17.7 Å². The molecule has 0 unspecified atom stereocenters. The molecule has 0 saturated heterocycles. The SMILES string of the molecule is NC(N)=NCCC[C@H](N)C(=O)N[C@@H](Cc1ccc(N)cc1)C(=O)N[C@@H](Cc1c[nH]c2ccccc12)C(=O)NCc1ccccc1.